The standard InChI is InChI=1S/C19H20ClN7/c1-14-12-15(20)5-6-16(14)23-17-13-22-25-19(24-17)27-10-8-26(9-11-27)18-4-2-3-7-21-18/h2-7,12-13H,8-11H2,1H3,(H,23,24,25). The third-order valence-electron chi connectivity index (χ3n) is 4.53. The Morgan fingerprint density at radius 3 is 2.59 bits per heavy atom. The van der Waals surface area contributed by atoms with Crippen LogP contribution >= 0.6 is 11.6 Å². The molecule has 0 radical (unpaired) electrons. The number of halogens is 1. The van der Waals surface area contributed by atoms with E-state index < -0.39 is 0 Å². The second-order valence-corrected chi connectivity index (χ2v) is 6.82. The van der Waals surface area contributed by atoms with E-state index in [1.165, 1.54) is 0 Å². The van der Waals surface area contributed by atoms with Crippen molar-refractivity contribution in [1.29, 1.82) is 0 Å². The van der Waals surface area contributed by atoms with Gasteiger partial charge in [-0.3, -0.25) is 0 Å². The molecule has 2 aromatic heterocycles. The average Bonchev–Trinajstić information content (AvgIpc) is 2.71. The largest absolute Gasteiger partial charge is 0.353 e. The van der Waals surface area contributed by atoms with Crippen LogP contribution in [0.1, 0.15) is 5.56 Å². The van der Waals surface area contributed by atoms with Gasteiger partial charge in [-0.05, 0) is 42.8 Å². The summed E-state index contributed by atoms with van der Waals surface area (Å²) in [6.07, 6.45) is 3.45. The van der Waals surface area contributed by atoms with Gasteiger partial charge in [0.1, 0.15) is 5.82 Å². The molecule has 0 spiro atoms. The zero-order valence-electron chi connectivity index (χ0n) is 15.0. The van der Waals surface area contributed by atoms with Crippen molar-refractivity contribution in [2.45, 2.75) is 6.92 Å². The molecule has 3 heterocycles. The van der Waals surface area contributed by atoms with Crippen LogP contribution in [-0.4, -0.2) is 46.3 Å². The highest BCUT2D eigenvalue weighted by Gasteiger charge is 2.20. The van der Waals surface area contributed by atoms with Crippen LogP contribution in [0.25, 0.3) is 0 Å². The molecular weight excluding hydrogens is 362 g/mol. The number of hydrogen-bond acceptors (Lipinski definition) is 7. The number of rotatable bonds is 4. The lowest BCUT2D eigenvalue weighted by atomic mass is 10.2. The summed E-state index contributed by atoms with van der Waals surface area (Å²) in [4.78, 5) is 13.5. The SMILES string of the molecule is Cc1cc(Cl)ccc1Nc1cnnc(N2CCN(c3ccccn3)CC2)n1. The average molecular weight is 382 g/mol. The Bertz CT molecular complexity index is 911. The topological polar surface area (TPSA) is 70.1 Å². The number of hydrogen-bond donors (Lipinski definition) is 1. The van der Waals surface area contributed by atoms with Crippen LogP contribution in [0.15, 0.2) is 48.8 Å². The predicted molar refractivity (Wildman–Crippen MR) is 108 cm³/mol. The summed E-state index contributed by atoms with van der Waals surface area (Å²) in [7, 11) is 0. The normalized spacial score (nSPS) is 14.3. The van der Waals surface area contributed by atoms with Crippen LogP contribution in [0.2, 0.25) is 5.02 Å². The molecule has 7 nitrogen and oxygen atoms in total. The monoisotopic (exact) mass is 381 g/mol. The lowest BCUT2D eigenvalue weighted by Gasteiger charge is -2.35. The zero-order valence-corrected chi connectivity index (χ0v) is 15.8. The van der Waals surface area contributed by atoms with E-state index in [1.54, 1.807) is 6.20 Å². The Morgan fingerprint density at radius 1 is 1.04 bits per heavy atom. The molecule has 1 aliphatic rings. The molecule has 0 bridgehead atoms. The minimum Gasteiger partial charge on any atom is -0.353 e. The number of aromatic nitrogens is 4. The van der Waals surface area contributed by atoms with Gasteiger partial charge in [0, 0.05) is 43.1 Å². The summed E-state index contributed by atoms with van der Waals surface area (Å²) in [6.45, 7) is 5.38. The molecule has 27 heavy (non-hydrogen) atoms. The number of anilines is 4. The van der Waals surface area contributed by atoms with Crippen molar-refractivity contribution in [2.75, 3.05) is 41.3 Å². The van der Waals surface area contributed by atoms with Crippen LogP contribution in [0, 0.1) is 6.92 Å². The molecule has 0 amide bonds. The van der Waals surface area contributed by atoms with Crippen LogP contribution < -0.4 is 15.1 Å². The molecule has 138 valence electrons. The Morgan fingerprint density at radius 2 is 1.85 bits per heavy atom. The summed E-state index contributed by atoms with van der Waals surface area (Å²) < 4.78 is 0. The van der Waals surface area contributed by atoms with E-state index in [-0.39, 0.29) is 0 Å². The van der Waals surface area contributed by atoms with Gasteiger partial charge in [-0.25, -0.2) is 4.98 Å². The lowest BCUT2D eigenvalue weighted by molar-refractivity contribution is 0.630. The third kappa shape index (κ3) is 4.09. The smallest absolute Gasteiger partial charge is 0.247 e. The number of pyridine rings is 1. The highest BCUT2D eigenvalue weighted by atomic mass is 35.5. The maximum atomic E-state index is 6.02. The molecule has 0 saturated carbocycles. The molecule has 0 atom stereocenters. The fourth-order valence-corrected chi connectivity index (χ4v) is 3.30. The Labute approximate surface area is 163 Å². The van der Waals surface area contributed by atoms with Crippen LogP contribution in [0.5, 0.6) is 0 Å². The number of piperazine rings is 1. The molecule has 1 fully saturated rings. The molecule has 0 unspecified atom stereocenters. The summed E-state index contributed by atoms with van der Waals surface area (Å²) >= 11 is 6.02. The third-order valence-corrected chi connectivity index (χ3v) is 4.77. The number of nitrogens with zero attached hydrogens (tertiary/aromatic N) is 6. The van der Waals surface area contributed by atoms with E-state index in [4.69, 9.17) is 11.6 Å². The van der Waals surface area contributed by atoms with E-state index in [1.807, 2.05) is 49.5 Å². The van der Waals surface area contributed by atoms with Gasteiger partial charge in [0.25, 0.3) is 0 Å². The fourth-order valence-electron chi connectivity index (χ4n) is 3.07. The minimum atomic E-state index is 0.632. The molecule has 1 aromatic carbocycles. The summed E-state index contributed by atoms with van der Waals surface area (Å²) in [5.74, 6) is 2.30. The van der Waals surface area contributed by atoms with Crippen molar-refractivity contribution in [3.8, 4) is 0 Å². The van der Waals surface area contributed by atoms with Crippen molar-refractivity contribution in [2.24, 2.45) is 0 Å². The van der Waals surface area contributed by atoms with Gasteiger partial charge >= 0.3 is 0 Å². The summed E-state index contributed by atoms with van der Waals surface area (Å²) in [5.41, 5.74) is 2.00. The van der Waals surface area contributed by atoms with Crippen LogP contribution in [0.3, 0.4) is 0 Å². The Kier molecular flexibility index (Phi) is 5.02. The van der Waals surface area contributed by atoms with Gasteiger partial charge in [0.2, 0.25) is 5.95 Å². The van der Waals surface area contributed by atoms with Gasteiger partial charge in [-0.15, -0.1) is 5.10 Å². The van der Waals surface area contributed by atoms with Crippen molar-refractivity contribution < 1.29 is 0 Å². The maximum absolute atomic E-state index is 6.02. The lowest BCUT2D eigenvalue weighted by Crippen LogP contribution is -2.47. The van der Waals surface area contributed by atoms with E-state index in [0.29, 0.717) is 16.8 Å². The molecule has 1 N–H and O–H groups in total. The first kappa shape index (κ1) is 17.5. The molecular formula is C19H20ClN7. The molecule has 1 aliphatic heterocycles. The van der Waals surface area contributed by atoms with Gasteiger partial charge in [-0.2, -0.15) is 10.1 Å². The van der Waals surface area contributed by atoms with Gasteiger partial charge < -0.3 is 15.1 Å². The van der Waals surface area contributed by atoms with Crippen molar-refractivity contribution in [3.63, 3.8) is 0 Å². The van der Waals surface area contributed by atoms with E-state index in [9.17, 15) is 0 Å². The molecule has 3 aromatic rings. The highest BCUT2D eigenvalue weighted by Crippen LogP contribution is 2.23. The zero-order chi connectivity index (χ0) is 18.6. The fraction of sp³-hybridized carbons (Fsp3) is 0.263. The Hall–Kier alpha value is -2.93. The Balaban J connectivity index is 1.44. The van der Waals surface area contributed by atoms with E-state index in [0.717, 1.165) is 43.2 Å². The second kappa shape index (κ2) is 7.75. The number of aryl methyl sites for hydroxylation is 1. The highest BCUT2D eigenvalue weighted by molar-refractivity contribution is 6.30. The number of benzene rings is 1. The number of nitrogens with one attached hydrogen (secondary N) is 1. The maximum Gasteiger partial charge on any atom is 0.247 e. The van der Waals surface area contributed by atoms with Crippen molar-refractivity contribution in [3.05, 3.63) is 59.4 Å². The molecule has 1 saturated heterocycles. The van der Waals surface area contributed by atoms with Gasteiger partial charge in [-0.1, -0.05) is 17.7 Å². The predicted octanol–water partition coefficient (Wildman–Crippen LogP) is 3.30. The first-order chi connectivity index (χ1) is 13.2. The van der Waals surface area contributed by atoms with E-state index >= 15 is 0 Å². The van der Waals surface area contributed by atoms with Crippen LogP contribution in [-0.2, 0) is 0 Å². The summed E-state index contributed by atoms with van der Waals surface area (Å²) in [6, 6.07) is 11.7. The van der Waals surface area contributed by atoms with E-state index in [2.05, 4.69) is 35.3 Å². The second-order valence-electron chi connectivity index (χ2n) is 6.39. The van der Waals surface area contributed by atoms with Crippen LogP contribution in [0.4, 0.5) is 23.3 Å². The minimum absolute atomic E-state index is 0.632. The first-order valence-electron chi connectivity index (χ1n) is 8.83. The first-order valence-corrected chi connectivity index (χ1v) is 9.21. The van der Waals surface area contributed by atoms with Crippen molar-refractivity contribution >= 4 is 34.9 Å². The molecule has 8 heteroatoms. The summed E-state index contributed by atoms with van der Waals surface area (Å²) in [5, 5.41) is 12.3. The molecule has 0 aliphatic carbocycles. The van der Waals surface area contributed by atoms with Crippen molar-refractivity contribution in [1.82, 2.24) is 20.2 Å². The quantitative estimate of drug-likeness (QED) is 0.743. The van der Waals surface area contributed by atoms with Gasteiger partial charge in [0.05, 0.1) is 6.20 Å². The molecule has 4 rings (SSSR count). The van der Waals surface area contributed by atoms with Gasteiger partial charge in [0.15, 0.2) is 5.82 Å².